The second kappa shape index (κ2) is 7.63. The Kier molecular flexibility index (Phi) is 6.15. The number of amides is 1. The van der Waals surface area contributed by atoms with Crippen LogP contribution in [-0.2, 0) is 4.79 Å². The molecule has 0 fully saturated rings. The first-order valence-electron chi connectivity index (χ1n) is 6.23. The number of hydrogen-bond donors (Lipinski definition) is 2. The van der Waals surface area contributed by atoms with Crippen LogP contribution in [0.2, 0.25) is 0 Å². The van der Waals surface area contributed by atoms with Crippen LogP contribution in [0, 0.1) is 11.7 Å². The van der Waals surface area contributed by atoms with Crippen LogP contribution in [0.15, 0.2) is 24.5 Å². The predicted octanol–water partition coefficient (Wildman–Crippen LogP) is 1.76. The standard InChI is InChI=1S/C14H19FN2O2/c1-10(2)13(18)5-6-17-14(19)4-3-11-7-12(15)9-16-8-11/h3-4,7-10,13,18H,5-6H2,1-2H3,(H,17,19). The SMILES string of the molecule is CC(C)C(O)CCNC(=O)C=Cc1cncc(F)c1. The van der Waals surface area contributed by atoms with Crippen molar-refractivity contribution in [3.63, 3.8) is 0 Å². The number of aliphatic hydroxyl groups excluding tert-OH is 1. The normalized spacial score (nSPS) is 12.9. The summed E-state index contributed by atoms with van der Waals surface area (Å²) in [6, 6.07) is 1.29. The van der Waals surface area contributed by atoms with Crippen molar-refractivity contribution >= 4 is 12.0 Å². The van der Waals surface area contributed by atoms with Gasteiger partial charge >= 0.3 is 0 Å². The first-order chi connectivity index (χ1) is 8.99. The molecule has 0 aliphatic heterocycles. The van der Waals surface area contributed by atoms with E-state index in [-0.39, 0.29) is 11.8 Å². The molecule has 5 heteroatoms. The summed E-state index contributed by atoms with van der Waals surface area (Å²) in [5.41, 5.74) is 0.525. The van der Waals surface area contributed by atoms with E-state index >= 15 is 0 Å². The van der Waals surface area contributed by atoms with Crippen LogP contribution >= 0.6 is 0 Å². The number of hydrogen-bond acceptors (Lipinski definition) is 3. The van der Waals surface area contributed by atoms with Gasteiger partial charge < -0.3 is 10.4 Å². The average molecular weight is 266 g/mol. The highest BCUT2D eigenvalue weighted by atomic mass is 19.1. The third-order valence-electron chi connectivity index (χ3n) is 2.66. The Labute approximate surface area is 112 Å². The number of carbonyl (C=O) groups excluding carboxylic acids is 1. The van der Waals surface area contributed by atoms with Gasteiger partial charge in [0.15, 0.2) is 0 Å². The molecule has 0 spiro atoms. The Morgan fingerprint density at radius 3 is 2.89 bits per heavy atom. The van der Waals surface area contributed by atoms with Gasteiger partial charge in [-0.25, -0.2) is 4.39 Å². The Balaban J connectivity index is 2.35. The largest absolute Gasteiger partial charge is 0.393 e. The second-order valence-corrected chi connectivity index (χ2v) is 4.66. The molecule has 0 aromatic carbocycles. The summed E-state index contributed by atoms with van der Waals surface area (Å²) in [6.07, 6.45) is 5.47. The Hall–Kier alpha value is -1.75. The van der Waals surface area contributed by atoms with E-state index in [2.05, 4.69) is 10.3 Å². The molecular formula is C14H19FN2O2. The van der Waals surface area contributed by atoms with Gasteiger partial charge in [-0.3, -0.25) is 9.78 Å². The lowest BCUT2D eigenvalue weighted by Gasteiger charge is -2.13. The van der Waals surface area contributed by atoms with E-state index in [4.69, 9.17) is 0 Å². The van der Waals surface area contributed by atoms with Gasteiger partial charge in [0, 0.05) is 18.8 Å². The number of rotatable bonds is 6. The fourth-order valence-electron chi connectivity index (χ4n) is 1.43. The summed E-state index contributed by atoms with van der Waals surface area (Å²) in [4.78, 5) is 15.1. The van der Waals surface area contributed by atoms with Crippen LogP contribution in [0.1, 0.15) is 25.8 Å². The minimum absolute atomic E-state index is 0.172. The molecular weight excluding hydrogens is 247 g/mol. The number of aliphatic hydroxyl groups is 1. The van der Waals surface area contributed by atoms with Crippen molar-refractivity contribution in [3.05, 3.63) is 35.9 Å². The summed E-state index contributed by atoms with van der Waals surface area (Å²) >= 11 is 0. The van der Waals surface area contributed by atoms with Crippen molar-refractivity contribution < 1.29 is 14.3 Å². The molecule has 1 aromatic rings. The van der Waals surface area contributed by atoms with E-state index in [0.717, 1.165) is 6.20 Å². The molecule has 4 nitrogen and oxygen atoms in total. The van der Waals surface area contributed by atoms with E-state index in [0.29, 0.717) is 18.5 Å². The van der Waals surface area contributed by atoms with Gasteiger partial charge in [-0.15, -0.1) is 0 Å². The monoisotopic (exact) mass is 266 g/mol. The molecule has 1 atom stereocenters. The predicted molar refractivity (Wildman–Crippen MR) is 71.7 cm³/mol. The lowest BCUT2D eigenvalue weighted by Crippen LogP contribution is -2.27. The summed E-state index contributed by atoms with van der Waals surface area (Å²) in [6.45, 7) is 4.25. The molecule has 104 valence electrons. The first-order valence-corrected chi connectivity index (χ1v) is 6.23. The van der Waals surface area contributed by atoms with E-state index < -0.39 is 11.9 Å². The summed E-state index contributed by atoms with van der Waals surface area (Å²) in [7, 11) is 0. The smallest absolute Gasteiger partial charge is 0.244 e. The van der Waals surface area contributed by atoms with Crippen LogP contribution in [0.5, 0.6) is 0 Å². The van der Waals surface area contributed by atoms with Gasteiger partial charge in [-0.1, -0.05) is 13.8 Å². The zero-order valence-electron chi connectivity index (χ0n) is 11.1. The highest BCUT2D eigenvalue weighted by molar-refractivity contribution is 5.91. The summed E-state index contributed by atoms with van der Waals surface area (Å²) in [5, 5.41) is 12.2. The second-order valence-electron chi connectivity index (χ2n) is 4.66. The minimum Gasteiger partial charge on any atom is -0.393 e. The number of nitrogens with one attached hydrogen (secondary N) is 1. The van der Waals surface area contributed by atoms with Gasteiger partial charge in [0.1, 0.15) is 5.82 Å². The molecule has 2 N–H and O–H groups in total. The highest BCUT2D eigenvalue weighted by Gasteiger charge is 2.08. The summed E-state index contributed by atoms with van der Waals surface area (Å²) in [5.74, 6) is -0.548. The molecule has 0 radical (unpaired) electrons. The molecule has 19 heavy (non-hydrogen) atoms. The van der Waals surface area contributed by atoms with Crippen molar-refractivity contribution in [1.82, 2.24) is 10.3 Å². The fourth-order valence-corrected chi connectivity index (χ4v) is 1.43. The van der Waals surface area contributed by atoms with Crippen LogP contribution in [-0.4, -0.2) is 28.6 Å². The average Bonchev–Trinajstić information content (AvgIpc) is 2.36. The quantitative estimate of drug-likeness (QED) is 0.771. The molecule has 0 saturated heterocycles. The van der Waals surface area contributed by atoms with Crippen LogP contribution in [0.4, 0.5) is 4.39 Å². The van der Waals surface area contributed by atoms with E-state index in [1.807, 2.05) is 13.8 Å². The Morgan fingerprint density at radius 1 is 1.53 bits per heavy atom. The molecule has 1 heterocycles. The molecule has 0 saturated carbocycles. The van der Waals surface area contributed by atoms with Crippen LogP contribution < -0.4 is 5.32 Å². The maximum atomic E-state index is 12.8. The van der Waals surface area contributed by atoms with Crippen molar-refractivity contribution in [2.45, 2.75) is 26.4 Å². The van der Waals surface area contributed by atoms with Crippen molar-refractivity contribution in [3.8, 4) is 0 Å². The first kappa shape index (κ1) is 15.3. The fraction of sp³-hybridized carbons (Fsp3) is 0.429. The number of carbonyl (C=O) groups is 1. The maximum absolute atomic E-state index is 12.8. The number of aromatic nitrogens is 1. The Morgan fingerprint density at radius 2 is 2.26 bits per heavy atom. The number of nitrogens with zero attached hydrogens (tertiary/aromatic N) is 1. The topological polar surface area (TPSA) is 62.2 Å². The number of halogens is 1. The van der Waals surface area contributed by atoms with E-state index in [1.165, 1.54) is 24.4 Å². The van der Waals surface area contributed by atoms with Crippen LogP contribution in [0.3, 0.4) is 0 Å². The van der Waals surface area contributed by atoms with Crippen molar-refractivity contribution in [2.24, 2.45) is 5.92 Å². The molecule has 1 rings (SSSR count). The molecule has 0 bridgehead atoms. The van der Waals surface area contributed by atoms with Gasteiger partial charge in [0.05, 0.1) is 12.3 Å². The zero-order chi connectivity index (χ0) is 14.3. The molecule has 0 aliphatic rings. The zero-order valence-corrected chi connectivity index (χ0v) is 11.1. The van der Waals surface area contributed by atoms with Crippen LogP contribution in [0.25, 0.3) is 6.08 Å². The minimum atomic E-state index is -0.442. The molecule has 1 amide bonds. The summed E-state index contributed by atoms with van der Waals surface area (Å²) < 4.78 is 12.8. The highest BCUT2D eigenvalue weighted by Crippen LogP contribution is 2.04. The van der Waals surface area contributed by atoms with Gasteiger partial charge in [-0.2, -0.15) is 0 Å². The van der Waals surface area contributed by atoms with E-state index in [1.54, 1.807) is 0 Å². The lowest BCUT2D eigenvalue weighted by molar-refractivity contribution is -0.116. The third-order valence-corrected chi connectivity index (χ3v) is 2.66. The Bertz CT molecular complexity index is 447. The van der Waals surface area contributed by atoms with Gasteiger partial charge in [0.2, 0.25) is 5.91 Å². The van der Waals surface area contributed by atoms with Gasteiger partial charge in [0.25, 0.3) is 0 Å². The van der Waals surface area contributed by atoms with Crippen molar-refractivity contribution in [2.75, 3.05) is 6.54 Å². The number of pyridine rings is 1. The lowest BCUT2D eigenvalue weighted by atomic mass is 10.0. The maximum Gasteiger partial charge on any atom is 0.244 e. The molecule has 1 unspecified atom stereocenters. The van der Waals surface area contributed by atoms with E-state index in [9.17, 15) is 14.3 Å². The molecule has 1 aromatic heterocycles. The van der Waals surface area contributed by atoms with Gasteiger partial charge in [-0.05, 0) is 30.0 Å². The molecule has 0 aliphatic carbocycles. The van der Waals surface area contributed by atoms with Crippen molar-refractivity contribution in [1.29, 1.82) is 0 Å². The third kappa shape index (κ3) is 6.10.